The first-order chi connectivity index (χ1) is 9.19. The highest BCUT2D eigenvalue weighted by molar-refractivity contribution is 9.10. The first-order valence-corrected chi connectivity index (χ1v) is 8.21. The van der Waals surface area contributed by atoms with Crippen molar-refractivity contribution < 1.29 is 17.9 Å². The van der Waals surface area contributed by atoms with Crippen LogP contribution in [0.25, 0.3) is 0 Å². The van der Waals surface area contributed by atoms with E-state index in [1.54, 1.807) is 0 Å². The lowest BCUT2D eigenvalue weighted by atomic mass is 10.2. The smallest absolute Gasteiger partial charge is 0.243 e. The molecule has 0 saturated carbocycles. The van der Waals surface area contributed by atoms with Gasteiger partial charge in [-0.05, 0) is 33.2 Å². The average molecular weight is 369 g/mol. The van der Waals surface area contributed by atoms with Gasteiger partial charge >= 0.3 is 0 Å². The summed E-state index contributed by atoms with van der Waals surface area (Å²) in [5.41, 5.74) is -0.0691. The Kier molecular flexibility index (Phi) is 6.08. The maximum atomic E-state index is 14.0. The van der Waals surface area contributed by atoms with Gasteiger partial charge in [-0.2, -0.15) is 0 Å². The van der Waals surface area contributed by atoms with Crippen molar-refractivity contribution in [2.24, 2.45) is 0 Å². The van der Waals surface area contributed by atoms with Crippen molar-refractivity contribution in [2.45, 2.75) is 24.5 Å². The molecule has 0 radical (unpaired) electrons. The van der Waals surface area contributed by atoms with Gasteiger partial charge in [0.1, 0.15) is 10.7 Å². The lowest BCUT2D eigenvalue weighted by molar-refractivity contribution is 0.274. The summed E-state index contributed by atoms with van der Waals surface area (Å²) in [6.45, 7) is 1.44. The second kappa shape index (κ2) is 6.95. The fourth-order valence-electron chi connectivity index (χ4n) is 1.42. The highest BCUT2D eigenvalue weighted by Gasteiger charge is 2.22. The minimum atomic E-state index is -3.97. The van der Waals surface area contributed by atoms with Crippen LogP contribution < -0.4 is 4.72 Å². The van der Waals surface area contributed by atoms with Crippen molar-refractivity contribution >= 4 is 26.0 Å². The highest BCUT2D eigenvalue weighted by atomic mass is 79.9. The topological polar surface area (TPSA) is 69.6 Å². The quantitative estimate of drug-likeness (QED) is 0.794. The molecule has 0 aliphatic carbocycles. The SMILES string of the molecule is CC(CNS(=O)(=O)c1cc(Br)cc(CO)c1F)N(C)C. The Morgan fingerprint density at radius 2 is 2.05 bits per heavy atom. The van der Waals surface area contributed by atoms with Gasteiger partial charge in [0.25, 0.3) is 0 Å². The highest BCUT2D eigenvalue weighted by Crippen LogP contribution is 2.24. The third kappa shape index (κ3) is 4.23. The van der Waals surface area contributed by atoms with Gasteiger partial charge in [-0.3, -0.25) is 0 Å². The molecule has 20 heavy (non-hydrogen) atoms. The average Bonchev–Trinajstić information content (AvgIpc) is 2.37. The first kappa shape index (κ1) is 17.5. The lowest BCUT2D eigenvalue weighted by Gasteiger charge is -2.20. The number of hydrogen-bond donors (Lipinski definition) is 2. The third-order valence-corrected chi connectivity index (χ3v) is 4.87. The molecule has 0 fully saturated rings. The molecule has 1 rings (SSSR count). The first-order valence-electron chi connectivity index (χ1n) is 5.94. The molecule has 0 aliphatic heterocycles. The van der Waals surface area contributed by atoms with Crippen LogP contribution in [0.5, 0.6) is 0 Å². The molecule has 0 aromatic heterocycles. The molecular formula is C12H18BrFN2O3S. The van der Waals surface area contributed by atoms with Crippen LogP contribution in [0.15, 0.2) is 21.5 Å². The van der Waals surface area contributed by atoms with Gasteiger partial charge < -0.3 is 10.0 Å². The third-order valence-electron chi connectivity index (χ3n) is 2.99. The van der Waals surface area contributed by atoms with E-state index in [9.17, 15) is 12.8 Å². The van der Waals surface area contributed by atoms with Crippen LogP contribution in [0.3, 0.4) is 0 Å². The Hall–Kier alpha value is -0.540. The number of sulfonamides is 1. The lowest BCUT2D eigenvalue weighted by Crippen LogP contribution is -2.38. The Morgan fingerprint density at radius 1 is 1.45 bits per heavy atom. The Labute approximate surface area is 127 Å². The maximum Gasteiger partial charge on any atom is 0.243 e. The largest absolute Gasteiger partial charge is 0.392 e. The van der Waals surface area contributed by atoms with Crippen molar-refractivity contribution in [1.82, 2.24) is 9.62 Å². The van der Waals surface area contributed by atoms with Crippen LogP contribution in [-0.4, -0.2) is 45.1 Å². The molecule has 114 valence electrons. The minimum Gasteiger partial charge on any atom is -0.392 e. The Balaban J connectivity index is 3.07. The normalized spacial score (nSPS) is 13.8. The molecule has 0 amide bonds. The van der Waals surface area contributed by atoms with Crippen molar-refractivity contribution in [3.63, 3.8) is 0 Å². The zero-order valence-corrected chi connectivity index (χ0v) is 13.9. The predicted octanol–water partition coefficient (Wildman–Crippen LogP) is 1.31. The van der Waals surface area contributed by atoms with Crippen molar-refractivity contribution in [3.8, 4) is 0 Å². The van der Waals surface area contributed by atoms with E-state index in [1.807, 2.05) is 25.9 Å². The molecule has 1 aromatic carbocycles. The molecular weight excluding hydrogens is 351 g/mol. The van der Waals surface area contributed by atoms with Crippen LogP contribution in [0.1, 0.15) is 12.5 Å². The number of nitrogens with zero attached hydrogens (tertiary/aromatic N) is 1. The van der Waals surface area contributed by atoms with Crippen molar-refractivity contribution in [3.05, 3.63) is 28.0 Å². The van der Waals surface area contributed by atoms with Crippen molar-refractivity contribution in [1.29, 1.82) is 0 Å². The molecule has 1 unspecified atom stereocenters. The number of benzene rings is 1. The minimum absolute atomic E-state index is 0.0303. The van der Waals surface area contributed by atoms with Gasteiger partial charge in [0.05, 0.1) is 6.61 Å². The van der Waals surface area contributed by atoms with Gasteiger partial charge in [0, 0.05) is 22.6 Å². The molecule has 2 N–H and O–H groups in total. The van der Waals surface area contributed by atoms with Gasteiger partial charge in [-0.25, -0.2) is 17.5 Å². The van der Waals surface area contributed by atoms with Crippen LogP contribution in [0.2, 0.25) is 0 Å². The number of nitrogens with one attached hydrogen (secondary N) is 1. The number of likely N-dealkylation sites (N-methyl/N-ethyl adjacent to an activating group) is 1. The predicted molar refractivity (Wildman–Crippen MR) is 78.4 cm³/mol. The number of halogens is 2. The molecule has 8 heteroatoms. The van der Waals surface area contributed by atoms with Crippen LogP contribution >= 0.6 is 15.9 Å². The monoisotopic (exact) mass is 368 g/mol. The van der Waals surface area contributed by atoms with E-state index in [2.05, 4.69) is 20.7 Å². The summed E-state index contributed by atoms with van der Waals surface area (Å²) in [6.07, 6.45) is 0. The molecule has 0 bridgehead atoms. The van der Waals surface area contributed by atoms with E-state index < -0.39 is 27.3 Å². The summed E-state index contributed by atoms with van der Waals surface area (Å²) in [5, 5.41) is 9.04. The van der Waals surface area contributed by atoms with E-state index in [1.165, 1.54) is 12.1 Å². The zero-order chi connectivity index (χ0) is 15.5. The van der Waals surface area contributed by atoms with Gasteiger partial charge in [-0.15, -0.1) is 0 Å². The summed E-state index contributed by atoms with van der Waals surface area (Å²) in [7, 11) is -0.324. The fourth-order valence-corrected chi connectivity index (χ4v) is 3.34. The molecule has 1 atom stereocenters. The number of rotatable bonds is 6. The molecule has 0 aliphatic rings. The number of hydrogen-bond acceptors (Lipinski definition) is 4. The molecule has 0 spiro atoms. The Morgan fingerprint density at radius 3 is 2.55 bits per heavy atom. The van der Waals surface area contributed by atoms with Gasteiger partial charge in [0.2, 0.25) is 10.0 Å². The second-order valence-electron chi connectivity index (χ2n) is 4.70. The summed E-state index contributed by atoms with van der Waals surface area (Å²) in [6, 6.07) is 2.49. The van der Waals surface area contributed by atoms with Gasteiger partial charge in [-0.1, -0.05) is 15.9 Å². The number of aliphatic hydroxyl groups excluding tert-OH is 1. The molecule has 1 aromatic rings. The van der Waals surface area contributed by atoms with Crippen LogP contribution in [-0.2, 0) is 16.6 Å². The van der Waals surface area contributed by atoms with Crippen molar-refractivity contribution in [2.75, 3.05) is 20.6 Å². The molecule has 0 heterocycles. The van der Waals surface area contributed by atoms with E-state index in [4.69, 9.17) is 5.11 Å². The zero-order valence-electron chi connectivity index (χ0n) is 11.5. The summed E-state index contributed by atoms with van der Waals surface area (Å²) in [5.74, 6) is -0.930. The summed E-state index contributed by atoms with van der Waals surface area (Å²) < 4.78 is 41.0. The van der Waals surface area contributed by atoms with Crippen LogP contribution in [0.4, 0.5) is 4.39 Å². The standard InChI is InChI=1S/C12H18BrFN2O3S/c1-8(16(2)3)6-15-20(18,19)11-5-10(13)4-9(7-17)12(11)14/h4-5,8,15,17H,6-7H2,1-3H3. The summed E-state index contributed by atoms with van der Waals surface area (Å²) in [4.78, 5) is 1.38. The summed E-state index contributed by atoms with van der Waals surface area (Å²) >= 11 is 3.11. The van der Waals surface area contributed by atoms with Crippen LogP contribution in [0, 0.1) is 5.82 Å². The number of aliphatic hydroxyl groups is 1. The Bertz CT molecular complexity index is 578. The maximum absolute atomic E-state index is 14.0. The van der Waals surface area contributed by atoms with Gasteiger partial charge in [0.15, 0.2) is 0 Å². The molecule has 0 saturated heterocycles. The van der Waals surface area contributed by atoms with E-state index in [0.29, 0.717) is 4.47 Å². The van der Waals surface area contributed by atoms with E-state index in [-0.39, 0.29) is 18.2 Å². The second-order valence-corrected chi connectivity index (χ2v) is 7.35. The van der Waals surface area contributed by atoms with E-state index >= 15 is 0 Å². The molecule has 5 nitrogen and oxygen atoms in total. The fraction of sp³-hybridized carbons (Fsp3) is 0.500. The van der Waals surface area contributed by atoms with E-state index in [0.717, 1.165) is 0 Å².